The Labute approximate surface area is 153 Å². The molecule has 1 fully saturated rings. The van der Waals surface area contributed by atoms with Crippen molar-refractivity contribution in [3.8, 4) is 0 Å². The summed E-state index contributed by atoms with van der Waals surface area (Å²) in [5, 5.41) is 5.77. The first-order chi connectivity index (χ1) is 12.0. The molecule has 0 saturated carbocycles. The van der Waals surface area contributed by atoms with Gasteiger partial charge in [-0.15, -0.1) is 0 Å². The highest BCUT2D eigenvalue weighted by Gasteiger charge is 2.32. The number of nitrogens with one attached hydrogen (secondary N) is 2. The van der Waals surface area contributed by atoms with Crippen molar-refractivity contribution in [2.24, 2.45) is 4.99 Å². The van der Waals surface area contributed by atoms with E-state index in [1.54, 1.807) is 30.6 Å². The number of amides is 2. The van der Waals surface area contributed by atoms with E-state index < -0.39 is 5.25 Å². The van der Waals surface area contributed by atoms with E-state index in [0.717, 1.165) is 5.56 Å². The molecule has 25 heavy (non-hydrogen) atoms. The maximum atomic E-state index is 12.2. The molecule has 0 bridgehead atoms. The van der Waals surface area contributed by atoms with Gasteiger partial charge in [0.1, 0.15) is 5.25 Å². The quantitative estimate of drug-likeness (QED) is 0.856. The number of hydrogen-bond donors (Lipinski definition) is 2. The van der Waals surface area contributed by atoms with Gasteiger partial charge in [0.25, 0.3) is 5.95 Å². The fourth-order valence-electron chi connectivity index (χ4n) is 2.08. The normalized spacial score (nSPS) is 18.2. The molecule has 0 spiro atoms. The molecule has 128 valence electrons. The molecule has 1 unspecified atom stereocenters. The van der Waals surface area contributed by atoms with Crippen LogP contribution < -0.4 is 10.6 Å². The molecule has 2 amide bonds. The highest BCUT2D eigenvalue weighted by Crippen LogP contribution is 2.25. The van der Waals surface area contributed by atoms with Gasteiger partial charge >= 0.3 is 0 Å². The molecule has 2 aromatic rings. The molecule has 0 radical (unpaired) electrons. The summed E-state index contributed by atoms with van der Waals surface area (Å²) in [5.74, 6) is -0.286. The van der Waals surface area contributed by atoms with Crippen LogP contribution in [0, 0.1) is 6.92 Å². The van der Waals surface area contributed by atoms with E-state index in [2.05, 4.69) is 25.6 Å². The Morgan fingerprint density at radius 1 is 1.40 bits per heavy atom. The highest BCUT2D eigenvalue weighted by atomic mass is 35.5. The molecule has 3 rings (SSSR count). The first-order valence-corrected chi connectivity index (χ1v) is 8.66. The van der Waals surface area contributed by atoms with E-state index in [0.29, 0.717) is 15.9 Å². The standard InChI is InChI=1S/C16H14ClN5O2S/c1-9-3-4-10(7-11(9)17)20-13(23)8-12-14(24)21-16(25-12)22-15-18-5-2-6-19-15/h2-7,12H,8H2,1H3,(H,20,23)(H,18,19,21,22,24). The summed E-state index contributed by atoms with van der Waals surface area (Å²) in [6.45, 7) is 1.88. The van der Waals surface area contributed by atoms with Crippen LogP contribution in [0.1, 0.15) is 12.0 Å². The predicted octanol–water partition coefficient (Wildman–Crippen LogP) is 2.69. The average molecular weight is 376 g/mol. The Kier molecular flexibility index (Phi) is 5.30. The summed E-state index contributed by atoms with van der Waals surface area (Å²) in [6, 6.07) is 6.94. The van der Waals surface area contributed by atoms with Crippen molar-refractivity contribution >= 4 is 52.0 Å². The zero-order chi connectivity index (χ0) is 17.8. The maximum absolute atomic E-state index is 12.2. The van der Waals surface area contributed by atoms with Gasteiger partial charge in [-0.1, -0.05) is 29.4 Å². The van der Waals surface area contributed by atoms with E-state index in [1.165, 1.54) is 11.8 Å². The van der Waals surface area contributed by atoms with Crippen LogP contribution in [0.5, 0.6) is 0 Å². The lowest BCUT2D eigenvalue weighted by atomic mass is 10.2. The van der Waals surface area contributed by atoms with E-state index in [9.17, 15) is 9.59 Å². The fraction of sp³-hybridized carbons (Fsp3) is 0.188. The molecule has 9 heteroatoms. The predicted molar refractivity (Wildman–Crippen MR) is 98.1 cm³/mol. The number of anilines is 1. The number of thioether (sulfide) groups is 1. The SMILES string of the molecule is Cc1ccc(NC(=O)CC2S/C(=N\c3ncccn3)NC2=O)cc1Cl. The van der Waals surface area contributed by atoms with Crippen LogP contribution in [0.3, 0.4) is 0 Å². The summed E-state index contributed by atoms with van der Waals surface area (Å²) in [6.07, 6.45) is 3.15. The molecular weight excluding hydrogens is 362 g/mol. The third kappa shape index (κ3) is 4.55. The van der Waals surface area contributed by atoms with Crippen LogP contribution in [0.15, 0.2) is 41.7 Å². The monoisotopic (exact) mass is 375 g/mol. The Morgan fingerprint density at radius 2 is 2.16 bits per heavy atom. The number of aromatic nitrogens is 2. The second-order valence-corrected chi connectivity index (χ2v) is 6.88. The van der Waals surface area contributed by atoms with Crippen molar-refractivity contribution in [2.75, 3.05) is 5.32 Å². The molecule has 1 aliphatic heterocycles. The van der Waals surface area contributed by atoms with Gasteiger partial charge in [-0.25, -0.2) is 9.97 Å². The number of halogens is 1. The molecule has 1 aromatic carbocycles. The van der Waals surface area contributed by atoms with Crippen LogP contribution >= 0.6 is 23.4 Å². The minimum atomic E-state index is -0.552. The fourth-order valence-corrected chi connectivity index (χ4v) is 3.23. The van der Waals surface area contributed by atoms with E-state index in [1.807, 2.05) is 13.0 Å². The van der Waals surface area contributed by atoms with Gasteiger partial charge in [-0.05, 0) is 30.7 Å². The largest absolute Gasteiger partial charge is 0.326 e. The molecule has 2 N–H and O–H groups in total. The lowest BCUT2D eigenvalue weighted by Crippen LogP contribution is -2.28. The maximum Gasteiger partial charge on any atom is 0.251 e. The summed E-state index contributed by atoms with van der Waals surface area (Å²) in [7, 11) is 0. The molecule has 1 atom stereocenters. The molecule has 0 aliphatic carbocycles. The van der Waals surface area contributed by atoms with Gasteiger partial charge in [0.2, 0.25) is 11.8 Å². The minimum Gasteiger partial charge on any atom is -0.326 e. The molecular formula is C16H14ClN5O2S. The first kappa shape index (κ1) is 17.4. The van der Waals surface area contributed by atoms with Crippen molar-refractivity contribution in [3.05, 3.63) is 47.2 Å². The van der Waals surface area contributed by atoms with Crippen LogP contribution in [-0.2, 0) is 9.59 Å². The molecule has 1 saturated heterocycles. The summed E-state index contributed by atoms with van der Waals surface area (Å²) < 4.78 is 0. The van der Waals surface area contributed by atoms with Gasteiger partial charge in [0.05, 0.1) is 0 Å². The summed E-state index contributed by atoms with van der Waals surface area (Å²) >= 11 is 7.22. The van der Waals surface area contributed by atoms with Crippen LogP contribution in [-0.4, -0.2) is 32.2 Å². The smallest absolute Gasteiger partial charge is 0.251 e. The molecule has 1 aromatic heterocycles. The van der Waals surface area contributed by atoms with Crippen LogP contribution in [0.25, 0.3) is 0 Å². The lowest BCUT2D eigenvalue weighted by molar-refractivity contribution is -0.122. The van der Waals surface area contributed by atoms with Crippen LogP contribution in [0.2, 0.25) is 5.02 Å². The summed E-state index contributed by atoms with van der Waals surface area (Å²) in [5.41, 5.74) is 1.52. The van der Waals surface area contributed by atoms with Crippen molar-refractivity contribution in [3.63, 3.8) is 0 Å². The number of aliphatic imine (C=N–C) groups is 1. The Hall–Kier alpha value is -2.45. The van der Waals surface area contributed by atoms with E-state index in [4.69, 9.17) is 11.6 Å². The third-order valence-corrected chi connectivity index (χ3v) is 4.85. The Morgan fingerprint density at radius 3 is 2.88 bits per heavy atom. The van der Waals surface area contributed by atoms with Gasteiger partial charge in [0.15, 0.2) is 5.17 Å². The summed E-state index contributed by atoms with van der Waals surface area (Å²) in [4.78, 5) is 36.3. The topological polar surface area (TPSA) is 96.3 Å². The Bertz CT molecular complexity index is 844. The number of carbonyl (C=O) groups excluding carboxylic acids is 2. The number of rotatable bonds is 4. The van der Waals surface area contributed by atoms with Gasteiger partial charge in [0, 0.05) is 29.5 Å². The van der Waals surface area contributed by atoms with Gasteiger partial charge < -0.3 is 10.6 Å². The highest BCUT2D eigenvalue weighted by molar-refractivity contribution is 8.15. The third-order valence-electron chi connectivity index (χ3n) is 3.36. The zero-order valence-corrected chi connectivity index (χ0v) is 14.8. The second kappa shape index (κ2) is 7.62. The number of carbonyl (C=O) groups is 2. The molecule has 7 nitrogen and oxygen atoms in total. The second-order valence-electron chi connectivity index (χ2n) is 5.28. The Balaban J connectivity index is 1.61. The lowest BCUT2D eigenvalue weighted by Gasteiger charge is -2.08. The number of hydrogen-bond acceptors (Lipinski definition) is 6. The average Bonchev–Trinajstić information content (AvgIpc) is 2.91. The van der Waals surface area contributed by atoms with E-state index >= 15 is 0 Å². The van der Waals surface area contributed by atoms with Gasteiger partial charge in [-0.3, -0.25) is 9.59 Å². The van der Waals surface area contributed by atoms with Crippen molar-refractivity contribution in [2.45, 2.75) is 18.6 Å². The number of benzene rings is 1. The zero-order valence-electron chi connectivity index (χ0n) is 13.2. The van der Waals surface area contributed by atoms with Crippen molar-refractivity contribution in [1.29, 1.82) is 0 Å². The van der Waals surface area contributed by atoms with Crippen LogP contribution in [0.4, 0.5) is 11.6 Å². The van der Waals surface area contributed by atoms with Crippen molar-refractivity contribution in [1.82, 2.24) is 15.3 Å². The number of amidine groups is 1. The van der Waals surface area contributed by atoms with Crippen molar-refractivity contribution < 1.29 is 9.59 Å². The van der Waals surface area contributed by atoms with Gasteiger partial charge in [-0.2, -0.15) is 4.99 Å². The molecule has 2 heterocycles. The molecule has 1 aliphatic rings. The van der Waals surface area contributed by atoms with E-state index in [-0.39, 0.29) is 24.2 Å². The first-order valence-electron chi connectivity index (χ1n) is 7.40. The number of aryl methyl sites for hydroxylation is 1. The minimum absolute atomic E-state index is 0.0245. The number of nitrogens with zero attached hydrogens (tertiary/aromatic N) is 3.